The molecule has 1 aliphatic carbocycles. The van der Waals surface area contributed by atoms with Gasteiger partial charge in [0.05, 0.1) is 17.7 Å². The first-order valence-electron chi connectivity index (χ1n) is 7.41. The van der Waals surface area contributed by atoms with E-state index in [4.69, 9.17) is 11.5 Å². The van der Waals surface area contributed by atoms with Gasteiger partial charge in [-0.3, -0.25) is 4.98 Å². The third kappa shape index (κ3) is 2.13. The minimum atomic E-state index is -2.51. The number of halogens is 2. The Balaban J connectivity index is 1.99. The van der Waals surface area contributed by atoms with Gasteiger partial charge in [0.15, 0.2) is 5.65 Å². The molecule has 126 valence electrons. The van der Waals surface area contributed by atoms with Crippen molar-refractivity contribution in [2.45, 2.75) is 11.7 Å². The molecule has 3 aromatic heterocycles. The van der Waals surface area contributed by atoms with Gasteiger partial charge in [0, 0.05) is 11.8 Å². The molecule has 3 aromatic rings. The van der Waals surface area contributed by atoms with Crippen LogP contribution in [-0.2, 0) is 5.67 Å². The van der Waals surface area contributed by atoms with Crippen LogP contribution in [0.4, 0.5) is 8.78 Å². The molecule has 5 N–H and O–H groups in total. The van der Waals surface area contributed by atoms with Crippen molar-refractivity contribution < 1.29 is 8.78 Å². The molecule has 7 nitrogen and oxygen atoms in total. The minimum absolute atomic E-state index is 0.123. The SMILES string of the molecule is NC1=CC=C(F)C(N)C1(F)c1ncccc1-c1ncnc2[nH]cnc12. The molecule has 0 aromatic carbocycles. The number of aromatic nitrogens is 5. The highest BCUT2D eigenvalue weighted by atomic mass is 19.2. The van der Waals surface area contributed by atoms with Gasteiger partial charge < -0.3 is 16.5 Å². The van der Waals surface area contributed by atoms with Crippen LogP contribution in [0.3, 0.4) is 0 Å². The standard InChI is InChI=1S/C16H13F2N7/c17-9-3-4-10(19)16(18,13(9)20)14-8(2-1-5-21-14)11-12-15(24-6-22-11)25-7-23-12/h1-7,13H,19-20H2,(H,22,23,24,25). The number of alkyl halides is 1. The highest BCUT2D eigenvalue weighted by molar-refractivity contribution is 5.87. The summed E-state index contributed by atoms with van der Waals surface area (Å²) >= 11 is 0. The van der Waals surface area contributed by atoms with E-state index in [1.54, 1.807) is 12.1 Å². The first-order chi connectivity index (χ1) is 12.0. The molecule has 0 radical (unpaired) electrons. The molecule has 0 aliphatic heterocycles. The number of aromatic amines is 1. The van der Waals surface area contributed by atoms with E-state index in [1.165, 1.54) is 18.9 Å². The Hall–Kier alpha value is -3.20. The zero-order chi connectivity index (χ0) is 17.6. The van der Waals surface area contributed by atoms with Gasteiger partial charge in [0.25, 0.3) is 0 Å². The van der Waals surface area contributed by atoms with Crippen molar-refractivity contribution in [3.05, 3.63) is 60.4 Å². The van der Waals surface area contributed by atoms with E-state index in [0.717, 1.165) is 12.2 Å². The average Bonchev–Trinajstić information content (AvgIpc) is 3.12. The molecule has 0 saturated carbocycles. The summed E-state index contributed by atoms with van der Waals surface area (Å²) in [5.74, 6) is -0.819. The molecule has 0 spiro atoms. The lowest BCUT2D eigenvalue weighted by Crippen LogP contribution is -2.48. The topological polar surface area (TPSA) is 119 Å². The molecule has 2 unspecified atom stereocenters. The number of allylic oxidation sites excluding steroid dienone is 2. The Labute approximate surface area is 140 Å². The molecule has 25 heavy (non-hydrogen) atoms. The maximum Gasteiger partial charge on any atom is 0.213 e. The monoisotopic (exact) mass is 341 g/mol. The van der Waals surface area contributed by atoms with Crippen LogP contribution in [0, 0.1) is 0 Å². The van der Waals surface area contributed by atoms with E-state index in [0.29, 0.717) is 22.4 Å². The molecule has 0 saturated heterocycles. The maximum atomic E-state index is 15.9. The van der Waals surface area contributed by atoms with Crippen molar-refractivity contribution in [1.29, 1.82) is 0 Å². The van der Waals surface area contributed by atoms with Crippen molar-refractivity contribution in [3.63, 3.8) is 0 Å². The molecule has 4 rings (SSSR count). The van der Waals surface area contributed by atoms with E-state index in [9.17, 15) is 4.39 Å². The predicted octanol–water partition coefficient (Wildman–Crippen LogP) is 1.62. The number of hydrogen-bond donors (Lipinski definition) is 3. The second-order valence-corrected chi connectivity index (χ2v) is 5.58. The summed E-state index contributed by atoms with van der Waals surface area (Å²) in [4.78, 5) is 19.4. The fourth-order valence-electron chi connectivity index (χ4n) is 2.90. The molecule has 0 bridgehead atoms. The number of pyridine rings is 1. The van der Waals surface area contributed by atoms with E-state index >= 15 is 4.39 Å². The van der Waals surface area contributed by atoms with Gasteiger partial charge in [0.1, 0.15) is 29.4 Å². The van der Waals surface area contributed by atoms with Crippen molar-refractivity contribution in [2.75, 3.05) is 0 Å². The quantitative estimate of drug-likeness (QED) is 0.651. The molecule has 0 fully saturated rings. The first-order valence-corrected chi connectivity index (χ1v) is 7.41. The summed E-state index contributed by atoms with van der Waals surface area (Å²) in [7, 11) is 0. The Bertz CT molecular complexity index is 1030. The fourth-order valence-corrected chi connectivity index (χ4v) is 2.90. The third-order valence-electron chi connectivity index (χ3n) is 4.19. The van der Waals surface area contributed by atoms with E-state index in [1.807, 2.05) is 0 Å². The molecule has 9 heteroatoms. The number of nitrogens with zero attached hydrogens (tertiary/aromatic N) is 4. The number of H-pyrrole nitrogens is 1. The number of hydrogen-bond acceptors (Lipinski definition) is 6. The largest absolute Gasteiger partial charge is 0.399 e. The number of fused-ring (bicyclic) bond motifs is 1. The van der Waals surface area contributed by atoms with Gasteiger partial charge in [-0.1, -0.05) is 0 Å². The van der Waals surface area contributed by atoms with E-state index in [2.05, 4.69) is 24.9 Å². The molecular weight excluding hydrogens is 328 g/mol. The highest BCUT2D eigenvalue weighted by Gasteiger charge is 2.48. The Kier molecular flexibility index (Phi) is 3.32. The first kappa shape index (κ1) is 15.3. The summed E-state index contributed by atoms with van der Waals surface area (Å²) in [5, 5.41) is 0. The van der Waals surface area contributed by atoms with Crippen LogP contribution in [0.1, 0.15) is 5.69 Å². The lowest BCUT2D eigenvalue weighted by atomic mass is 9.82. The van der Waals surface area contributed by atoms with Crippen molar-refractivity contribution in [1.82, 2.24) is 24.9 Å². The zero-order valence-electron chi connectivity index (χ0n) is 12.8. The van der Waals surface area contributed by atoms with Gasteiger partial charge >= 0.3 is 0 Å². The number of nitrogens with two attached hydrogens (primary N) is 2. The Morgan fingerprint density at radius 1 is 1.16 bits per heavy atom. The van der Waals surface area contributed by atoms with Gasteiger partial charge in [-0.05, 0) is 24.3 Å². The predicted molar refractivity (Wildman–Crippen MR) is 87.1 cm³/mol. The van der Waals surface area contributed by atoms with Crippen LogP contribution in [0.2, 0.25) is 0 Å². The van der Waals surface area contributed by atoms with Crippen molar-refractivity contribution >= 4 is 11.2 Å². The average molecular weight is 341 g/mol. The van der Waals surface area contributed by atoms with E-state index < -0.39 is 17.5 Å². The maximum absolute atomic E-state index is 15.9. The Morgan fingerprint density at radius 2 is 2.00 bits per heavy atom. The van der Waals surface area contributed by atoms with Gasteiger partial charge in [0.2, 0.25) is 5.67 Å². The highest BCUT2D eigenvalue weighted by Crippen LogP contribution is 2.43. The van der Waals surface area contributed by atoms with Gasteiger partial charge in [-0.15, -0.1) is 0 Å². The van der Waals surface area contributed by atoms with Crippen LogP contribution in [0.5, 0.6) is 0 Å². The molecule has 1 aliphatic rings. The van der Waals surface area contributed by atoms with Crippen LogP contribution in [0.25, 0.3) is 22.4 Å². The number of imidazole rings is 1. The summed E-state index contributed by atoms with van der Waals surface area (Å²) in [6.45, 7) is 0. The molecule has 3 heterocycles. The second-order valence-electron chi connectivity index (χ2n) is 5.58. The van der Waals surface area contributed by atoms with Crippen LogP contribution in [-0.4, -0.2) is 31.0 Å². The second kappa shape index (κ2) is 5.42. The number of rotatable bonds is 2. The fraction of sp³-hybridized carbons (Fsp3) is 0.125. The number of nitrogens with one attached hydrogen (secondary N) is 1. The lowest BCUT2D eigenvalue weighted by molar-refractivity contribution is 0.163. The van der Waals surface area contributed by atoms with Gasteiger partial charge in [-0.25, -0.2) is 23.7 Å². The zero-order valence-corrected chi connectivity index (χ0v) is 12.8. The Morgan fingerprint density at radius 3 is 2.84 bits per heavy atom. The van der Waals surface area contributed by atoms with Crippen LogP contribution in [0.15, 0.2) is 54.7 Å². The molecule has 2 atom stereocenters. The molecule has 0 amide bonds. The summed E-state index contributed by atoms with van der Waals surface area (Å²) in [6.07, 6.45) is 6.36. The van der Waals surface area contributed by atoms with Gasteiger partial charge in [-0.2, -0.15) is 0 Å². The van der Waals surface area contributed by atoms with Crippen LogP contribution >= 0.6 is 0 Å². The van der Waals surface area contributed by atoms with E-state index in [-0.39, 0.29) is 11.4 Å². The van der Waals surface area contributed by atoms with Crippen molar-refractivity contribution in [2.24, 2.45) is 11.5 Å². The summed E-state index contributed by atoms with van der Waals surface area (Å²) < 4.78 is 29.9. The normalized spacial score (nSPS) is 23.4. The van der Waals surface area contributed by atoms with Crippen LogP contribution < -0.4 is 11.5 Å². The summed E-state index contributed by atoms with van der Waals surface area (Å²) in [5.41, 5.74) is 10.3. The smallest absolute Gasteiger partial charge is 0.213 e. The molecular formula is C16H13F2N7. The summed E-state index contributed by atoms with van der Waals surface area (Å²) in [6, 6.07) is 1.61. The lowest BCUT2D eigenvalue weighted by Gasteiger charge is -2.33. The van der Waals surface area contributed by atoms with Crippen molar-refractivity contribution in [3.8, 4) is 11.3 Å². The minimum Gasteiger partial charge on any atom is -0.399 e. The third-order valence-corrected chi connectivity index (χ3v) is 4.19.